The van der Waals surface area contributed by atoms with E-state index in [9.17, 15) is 4.79 Å². The predicted octanol–water partition coefficient (Wildman–Crippen LogP) is 4.51. The zero-order valence-electron chi connectivity index (χ0n) is 13.9. The Labute approximate surface area is 149 Å². The van der Waals surface area contributed by atoms with Crippen molar-refractivity contribution in [3.63, 3.8) is 0 Å². The first-order valence-electron chi connectivity index (χ1n) is 8.50. The minimum Gasteiger partial charge on any atom is -0.353 e. The molecule has 1 aromatic carbocycles. The number of carbonyl (C=O) groups is 1. The van der Waals surface area contributed by atoms with Crippen LogP contribution in [0.15, 0.2) is 18.2 Å². The van der Waals surface area contributed by atoms with Crippen LogP contribution in [0.5, 0.6) is 0 Å². The van der Waals surface area contributed by atoms with Crippen molar-refractivity contribution in [3.8, 4) is 0 Å². The average molecular weight is 357 g/mol. The standard InChI is InChI=1S/C18H26Cl2N2O/c1-3-14(4-2)21-18(23)13-8-10-22(11-9-13)12-15-16(19)6-5-7-17(15)20/h5-7,13-14H,3-4,8-12H2,1-2H3,(H,21,23). The number of piperidine rings is 1. The molecule has 3 nitrogen and oxygen atoms in total. The quantitative estimate of drug-likeness (QED) is 0.812. The fourth-order valence-corrected chi connectivity index (χ4v) is 3.59. The van der Waals surface area contributed by atoms with Crippen molar-refractivity contribution >= 4 is 29.1 Å². The highest BCUT2D eigenvalue weighted by molar-refractivity contribution is 6.35. The number of likely N-dealkylation sites (tertiary alicyclic amines) is 1. The highest BCUT2D eigenvalue weighted by atomic mass is 35.5. The van der Waals surface area contributed by atoms with Crippen LogP contribution in [0.1, 0.15) is 45.1 Å². The van der Waals surface area contributed by atoms with Gasteiger partial charge >= 0.3 is 0 Å². The van der Waals surface area contributed by atoms with E-state index in [0.29, 0.717) is 16.1 Å². The van der Waals surface area contributed by atoms with Crippen molar-refractivity contribution in [2.24, 2.45) is 5.92 Å². The van der Waals surface area contributed by atoms with Crippen LogP contribution in [0.4, 0.5) is 0 Å². The lowest BCUT2D eigenvalue weighted by molar-refractivity contribution is -0.127. The molecule has 1 amide bonds. The SMILES string of the molecule is CCC(CC)NC(=O)C1CCN(Cc2c(Cl)cccc2Cl)CC1. The van der Waals surface area contributed by atoms with E-state index in [1.165, 1.54) is 0 Å². The molecule has 0 radical (unpaired) electrons. The molecule has 0 spiro atoms. The third-order valence-electron chi connectivity index (χ3n) is 4.73. The Morgan fingerprint density at radius 1 is 1.22 bits per heavy atom. The molecule has 1 heterocycles. The van der Waals surface area contributed by atoms with Gasteiger partial charge in [0, 0.05) is 34.1 Å². The van der Waals surface area contributed by atoms with E-state index in [1.807, 2.05) is 18.2 Å². The largest absolute Gasteiger partial charge is 0.353 e. The van der Waals surface area contributed by atoms with E-state index >= 15 is 0 Å². The molecule has 0 unspecified atom stereocenters. The van der Waals surface area contributed by atoms with Crippen LogP contribution in [0, 0.1) is 5.92 Å². The molecule has 1 aliphatic heterocycles. The summed E-state index contributed by atoms with van der Waals surface area (Å²) < 4.78 is 0. The van der Waals surface area contributed by atoms with E-state index in [2.05, 4.69) is 24.1 Å². The van der Waals surface area contributed by atoms with Gasteiger partial charge in [-0.2, -0.15) is 0 Å². The third-order valence-corrected chi connectivity index (χ3v) is 5.44. The molecule has 5 heteroatoms. The Kier molecular flexibility index (Phi) is 7.19. The highest BCUT2D eigenvalue weighted by Gasteiger charge is 2.26. The Hall–Kier alpha value is -0.770. The van der Waals surface area contributed by atoms with Crippen LogP contribution in [0.3, 0.4) is 0 Å². The van der Waals surface area contributed by atoms with Gasteiger partial charge in [0.05, 0.1) is 0 Å². The number of amides is 1. The molecule has 0 atom stereocenters. The molecule has 1 fully saturated rings. The number of nitrogens with zero attached hydrogens (tertiary/aromatic N) is 1. The summed E-state index contributed by atoms with van der Waals surface area (Å²) >= 11 is 12.5. The van der Waals surface area contributed by atoms with E-state index in [1.54, 1.807) is 0 Å². The van der Waals surface area contributed by atoms with Gasteiger partial charge in [-0.15, -0.1) is 0 Å². The number of halogens is 2. The topological polar surface area (TPSA) is 32.3 Å². The maximum Gasteiger partial charge on any atom is 0.223 e. The molecule has 2 rings (SSSR count). The van der Waals surface area contributed by atoms with Crippen LogP contribution in [0.2, 0.25) is 10.0 Å². The number of hydrogen-bond donors (Lipinski definition) is 1. The summed E-state index contributed by atoms with van der Waals surface area (Å²) in [7, 11) is 0. The number of carbonyl (C=O) groups excluding carboxylic acids is 1. The van der Waals surface area contributed by atoms with Gasteiger partial charge < -0.3 is 5.32 Å². The first-order valence-corrected chi connectivity index (χ1v) is 9.26. The minimum atomic E-state index is 0.133. The Balaban J connectivity index is 1.85. The third kappa shape index (κ3) is 5.10. The summed E-state index contributed by atoms with van der Waals surface area (Å²) in [4.78, 5) is 14.7. The molecule has 1 aliphatic rings. The van der Waals surface area contributed by atoms with Crippen molar-refractivity contribution in [1.82, 2.24) is 10.2 Å². The zero-order valence-corrected chi connectivity index (χ0v) is 15.5. The van der Waals surface area contributed by atoms with Gasteiger partial charge in [-0.25, -0.2) is 0 Å². The molecule has 0 aromatic heterocycles. The fourth-order valence-electron chi connectivity index (χ4n) is 3.07. The number of hydrogen-bond acceptors (Lipinski definition) is 2. The second-order valence-electron chi connectivity index (χ2n) is 6.27. The maximum atomic E-state index is 12.3. The molecular weight excluding hydrogens is 331 g/mol. The van der Waals surface area contributed by atoms with Gasteiger partial charge in [-0.1, -0.05) is 43.1 Å². The lowest BCUT2D eigenvalue weighted by Gasteiger charge is -2.32. The molecule has 1 saturated heterocycles. The van der Waals surface area contributed by atoms with Crippen LogP contribution in [-0.2, 0) is 11.3 Å². The molecule has 128 valence electrons. The molecular formula is C18H26Cl2N2O. The molecule has 0 saturated carbocycles. The van der Waals surface area contributed by atoms with Crippen LogP contribution >= 0.6 is 23.2 Å². The molecule has 0 aliphatic carbocycles. The van der Waals surface area contributed by atoms with Gasteiger partial charge in [-0.3, -0.25) is 9.69 Å². The Bertz CT molecular complexity index is 504. The summed E-state index contributed by atoms with van der Waals surface area (Å²) in [5.74, 6) is 0.350. The lowest BCUT2D eigenvalue weighted by atomic mass is 9.95. The molecule has 0 bridgehead atoms. The van der Waals surface area contributed by atoms with Crippen LogP contribution in [-0.4, -0.2) is 29.9 Å². The van der Waals surface area contributed by atoms with E-state index in [-0.39, 0.29) is 11.8 Å². The van der Waals surface area contributed by atoms with Crippen molar-refractivity contribution in [1.29, 1.82) is 0 Å². The summed E-state index contributed by atoms with van der Waals surface area (Å²) in [5, 5.41) is 4.60. The maximum absolute atomic E-state index is 12.3. The van der Waals surface area contributed by atoms with Gasteiger partial charge in [0.2, 0.25) is 5.91 Å². The molecule has 1 N–H and O–H groups in total. The average Bonchev–Trinajstić information content (AvgIpc) is 2.56. The van der Waals surface area contributed by atoms with E-state index in [0.717, 1.165) is 50.9 Å². The lowest BCUT2D eigenvalue weighted by Crippen LogP contribution is -2.43. The second-order valence-corrected chi connectivity index (χ2v) is 7.09. The normalized spacial score (nSPS) is 16.7. The summed E-state index contributed by atoms with van der Waals surface area (Å²) in [6.07, 6.45) is 3.78. The van der Waals surface area contributed by atoms with E-state index < -0.39 is 0 Å². The van der Waals surface area contributed by atoms with Gasteiger partial charge in [0.25, 0.3) is 0 Å². The number of rotatable bonds is 6. The van der Waals surface area contributed by atoms with Crippen molar-refractivity contribution in [2.75, 3.05) is 13.1 Å². The zero-order chi connectivity index (χ0) is 16.8. The summed E-state index contributed by atoms with van der Waals surface area (Å²) in [5.41, 5.74) is 0.982. The van der Waals surface area contributed by atoms with Crippen molar-refractivity contribution < 1.29 is 4.79 Å². The smallest absolute Gasteiger partial charge is 0.223 e. The van der Waals surface area contributed by atoms with Gasteiger partial charge in [0.1, 0.15) is 0 Å². The first kappa shape index (κ1) is 18.6. The highest BCUT2D eigenvalue weighted by Crippen LogP contribution is 2.27. The van der Waals surface area contributed by atoms with Gasteiger partial charge in [0.15, 0.2) is 0 Å². The molecule has 1 aromatic rings. The summed E-state index contributed by atoms with van der Waals surface area (Å²) in [6.45, 7) is 6.79. The van der Waals surface area contributed by atoms with Gasteiger partial charge in [-0.05, 0) is 50.9 Å². The minimum absolute atomic E-state index is 0.133. The van der Waals surface area contributed by atoms with Crippen LogP contribution < -0.4 is 5.32 Å². The van der Waals surface area contributed by atoms with E-state index in [4.69, 9.17) is 23.2 Å². The summed E-state index contributed by atoms with van der Waals surface area (Å²) in [6, 6.07) is 5.92. The predicted molar refractivity (Wildman–Crippen MR) is 97.0 cm³/mol. The number of benzene rings is 1. The van der Waals surface area contributed by atoms with Crippen molar-refractivity contribution in [2.45, 2.75) is 52.1 Å². The second kappa shape index (κ2) is 8.91. The monoisotopic (exact) mass is 356 g/mol. The number of nitrogens with one attached hydrogen (secondary N) is 1. The van der Waals surface area contributed by atoms with Crippen molar-refractivity contribution in [3.05, 3.63) is 33.8 Å². The fraction of sp³-hybridized carbons (Fsp3) is 0.611. The Morgan fingerprint density at radius 3 is 2.30 bits per heavy atom. The Morgan fingerprint density at radius 2 is 1.78 bits per heavy atom. The molecule has 23 heavy (non-hydrogen) atoms. The van der Waals surface area contributed by atoms with Crippen LogP contribution in [0.25, 0.3) is 0 Å². The first-order chi connectivity index (χ1) is 11.0.